The monoisotopic (exact) mass is 291 g/mol. The summed E-state index contributed by atoms with van der Waals surface area (Å²) in [5.74, 6) is 0.332. The van der Waals surface area contributed by atoms with E-state index in [-0.39, 0.29) is 5.69 Å². The second kappa shape index (κ2) is 6.16. The van der Waals surface area contributed by atoms with Crippen molar-refractivity contribution in [2.24, 2.45) is 0 Å². The number of ether oxygens (including phenoxy) is 1. The minimum Gasteiger partial charge on any atom is -0.476 e. The summed E-state index contributed by atoms with van der Waals surface area (Å²) >= 11 is 5.54. The Bertz CT molecular complexity index is 613. The zero-order valence-corrected chi connectivity index (χ0v) is 11.0. The van der Waals surface area contributed by atoms with Gasteiger partial charge in [-0.1, -0.05) is 30.3 Å². The SMILES string of the molecule is O=C(Cl)C(Oc1ccc([N+](=O)[O-])cc1)c1ccccc1. The van der Waals surface area contributed by atoms with Gasteiger partial charge in [0.1, 0.15) is 5.75 Å². The number of benzene rings is 2. The first-order chi connectivity index (χ1) is 9.58. The fraction of sp³-hybridized carbons (Fsp3) is 0.0714. The number of nitrogens with zero attached hydrogens (tertiary/aromatic N) is 1. The molecule has 6 heteroatoms. The number of non-ortho nitro benzene ring substituents is 1. The Labute approximate surface area is 119 Å². The molecule has 20 heavy (non-hydrogen) atoms. The van der Waals surface area contributed by atoms with Gasteiger partial charge in [0.25, 0.3) is 10.9 Å². The van der Waals surface area contributed by atoms with Crippen molar-refractivity contribution in [3.8, 4) is 5.75 Å². The van der Waals surface area contributed by atoms with Gasteiger partial charge in [0.15, 0.2) is 6.10 Å². The summed E-state index contributed by atoms with van der Waals surface area (Å²) in [5.41, 5.74) is 0.566. The Morgan fingerprint density at radius 2 is 1.70 bits per heavy atom. The molecule has 0 fully saturated rings. The molecule has 1 unspecified atom stereocenters. The molecule has 2 rings (SSSR count). The third-order valence-corrected chi connectivity index (χ3v) is 2.81. The van der Waals surface area contributed by atoms with Crippen LogP contribution in [0.2, 0.25) is 0 Å². The Kier molecular flexibility index (Phi) is 4.32. The van der Waals surface area contributed by atoms with Crippen molar-refractivity contribution in [2.75, 3.05) is 0 Å². The highest BCUT2D eigenvalue weighted by molar-refractivity contribution is 6.64. The van der Waals surface area contributed by atoms with Crippen molar-refractivity contribution < 1.29 is 14.5 Å². The Hall–Kier alpha value is -2.40. The fourth-order valence-corrected chi connectivity index (χ4v) is 1.83. The first kappa shape index (κ1) is 14.0. The van der Waals surface area contributed by atoms with E-state index in [0.717, 1.165) is 0 Å². The van der Waals surface area contributed by atoms with Crippen molar-refractivity contribution in [3.63, 3.8) is 0 Å². The molecule has 102 valence electrons. The molecule has 0 saturated heterocycles. The topological polar surface area (TPSA) is 69.4 Å². The van der Waals surface area contributed by atoms with Crippen LogP contribution in [0.15, 0.2) is 54.6 Å². The van der Waals surface area contributed by atoms with Gasteiger partial charge in [-0.15, -0.1) is 0 Å². The summed E-state index contributed by atoms with van der Waals surface area (Å²) in [6, 6.07) is 14.2. The Morgan fingerprint density at radius 3 is 2.20 bits per heavy atom. The van der Waals surface area contributed by atoms with Crippen LogP contribution in [0.5, 0.6) is 5.75 Å². The molecule has 0 bridgehead atoms. The predicted molar refractivity (Wildman–Crippen MR) is 73.8 cm³/mol. The maximum atomic E-state index is 11.5. The van der Waals surface area contributed by atoms with Crippen LogP contribution in [-0.4, -0.2) is 10.2 Å². The summed E-state index contributed by atoms with van der Waals surface area (Å²) in [5, 5.41) is 9.90. The number of carbonyl (C=O) groups excluding carboxylic acids is 1. The average molecular weight is 292 g/mol. The first-order valence-electron chi connectivity index (χ1n) is 5.73. The third-order valence-electron chi connectivity index (χ3n) is 2.61. The molecule has 0 aromatic heterocycles. The maximum Gasteiger partial charge on any atom is 0.269 e. The van der Waals surface area contributed by atoms with E-state index in [4.69, 9.17) is 16.3 Å². The van der Waals surface area contributed by atoms with Crippen LogP contribution in [0.4, 0.5) is 5.69 Å². The van der Waals surface area contributed by atoms with Gasteiger partial charge in [-0.25, -0.2) is 0 Å². The van der Waals surface area contributed by atoms with Gasteiger partial charge < -0.3 is 4.74 Å². The summed E-state index contributed by atoms with van der Waals surface area (Å²) in [7, 11) is 0. The van der Waals surface area contributed by atoms with E-state index < -0.39 is 16.3 Å². The second-order valence-electron chi connectivity index (χ2n) is 3.96. The van der Waals surface area contributed by atoms with Gasteiger partial charge in [-0.2, -0.15) is 0 Å². The third kappa shape index (κ3) is 3.33. The average Bonchev–Trinajstić information content (AvgIpc) is 2.46. The molecular weight excluding hydrogens is 282 g/mol. The molecule has 0 aliphatic rings. The Morgan fingerprint density at radius 1 is 1.10 bits per heavy atom. The van der Waals surface area contributed by atoms with Crippen LogP contribution in [0.3, 0.4) is 0 Å². The summed E-state index contributed by atoms with van der Waals surface area (Å²) in [6.07, 6.45) is -0.945. The number of hydrogen-bond donors (Lipinski definition) is 0. The number of hydrogen-bond acceptors (Lipinski definition) is 4. The van der Waals surface area contributed by atoms with E-state index >= 15 is 0 Å². The highest BCUT2D eigenvalue weighted by atomic mass is 35.5. The standard InChI is InChI=1S/C14H10ClNO4/c15-14(17)13(10-4-2-1-3-5-10)20-12-8-6-11(7-9-12)16(18)19/h1-9,13H. The van der Waals surface area contributed by atoms with Gasteiger partial charge in [-0.05, 0) is 23.7 Å². The molecule has 0 heterocycles. The highest BCUT2D eigenvalue weighted by Gasteiger charge is 2.20. The minimum atomic E-state index is -0.945. The summed E-state index contributed by atoms with van der Waals surface area (Å²) < 4.78 is 5.49. The number of rotatable bonds is 5. The summed E-state index contributed by atoms with van der Waals surface area (Å²) in [6.45, 7) is 0. The number of halogens is 1. The number of nitro groups is 1. The van der Waals surface area contributed by atoms with Crippen LogP contribution < -0.4 is 4.74 Å². The van der Waals surface area contributed by atoms with Gasteiger partial charge >= 0.3 is 0 Å². The largest absolute Gasteiger partial charge is 0.476 e. The lowest BCUT2D eigenvalue weighted by Gasteiger charge is -2.15. The highest BCUT2D eigenvalue weighted by Crippen LogP contribution is 2.25. The zero-order valence-electron chi connectivity index (χ0n) is 10.2. The first-order valence-corrected chi connectivity index (χ1v) is 6.11. The van der Waals surface area contributed by atoms with E-state index in [1.807, 2.05) is 6.07 Å². The van der Waals surface area contributed by atoms with Crippen LogP contribution in [0.1, 0.15) is 11.7 Å². The minimum absolute atomic E-state index is 0.0502. The molecule has 2 aromatic carbocycles. The number of nitro benzene ring substituents is 1. The van der Waals surface area contributed by atoms with Gasteiger partial charge in [0.2, 0.25) is 0 Å². The van der Waals surface area contributed by atoms with Crippen LogP contribution in [0, 0.1) is 10.1 Å². The normalized spacial score (nSPS) is 11.7. The van der Waals surface area contributed by atoms with E-state index in [2.05, 4.69) is 0 Å². The van der Waals surface area contributed by atoms with E-state index in [0.29, 0.717) is 11.3 Å². The number of carbonyl (C=O) groups is 1. The van der Waals surface area contributed by atoms with Crippen LogP contribution >= 0.6 is 11.6 Å². The van der Waals surface area contributed by atoms with Gasteiger partial charge in [0, 0.05) is 17.7 Å². The molecule has 0 spiro atoms. The molecule has 0 radical (unpaired) electrons. The lowest BCUT2D eigenvalue weighted by molar-refractivity contribution is -0.384. The molecule has 0 amide bonds. The fourth-order valence-electron chi connectivity index (χ4n) is 1.66. The molecular formula is C14H10ClNO4. The van der Waals surface area contributed by atoms with E-state index in [9.17, 15) is 14.9 Å². The smallest absolute Gasteiger partial charge is 0.269 e. The van der Waals surface area contributed by atoms with Crippen molar-refractivity contribution in [1.82, 2.24) is 0 Å². The van der Waals surface area contributed by atoms with Crippen molar-refractivity contribution in [1.29, 1.82) is 0 Å². The zero-order chi connectivity index (χ0) is 14.5. The van der Waals surface area contributed by atoms with Crippen molar-refractivity contribution >= 4 is 22.5 Å². The van der Waals surface area contributed by atoms with Gasteiger partial charge in [-0.3, -0.25) is 14.9 Å². The van der Waals surface area contributed by atoms with E-state index in [1.165, 1.54) is 24.3 Å². The second-order valence-corrected chi connectivity index (χ2v) is 4.34. The van der Waals surface area contributed by atoms with E-state index in [1.54, 1.807) is 24.3 Å². The van der Waals surface area contributed by atoms with Crippen molar-refractivity contribution in [3.05, 3.63) is 70.3 Å². The lowest BCUT2D eigenvalue weighted by Crippen LogP contribution is -2.14. The molecule has 2 aromatic rings. The lowest BCUT2D eigenvalue weighted by atomic mass is 10.1. The predicted octanol–water partition coefficient (Wildman–Crippen LogP) is 3.48. The van der Waals surface area contributed by atoms with Crippen molar-refractivity contribution in [2.45, 2.75) is 6.10 Å². The van der Waals surface area contributed by atoms with Crippen LogP contribution in [-0.2, 0) is 4.79 Å². The summed E-state index contributed by atoms with van der Waals surface area (Å²) in [4.78, 5) is 21.5. The molecule has 5 nitrogen and oxygen atoms in total. The maximum absolute atomic E-state index is 11.5. The molecule has 0 N–H and O–H groups in total. The molecule has 0 aliphatic heterocycles. The molecule has 0 saturated carbocycles. The van der Waals surface area contributed by atoms with Gasteiger partial charge in [0.05, 0.1) is 4.92 Å². The Balaban J connectivity index is 2.21. The molecule has 1 atom stereocenters. The van der Waals surface area contributed by atoms with Crippen LogP contribution in [0.25, 0.3) is 0 Å². The molecule has 0 aliphatic carbocycles. The quantitative estimate of drug-likeness (QED) is 0.480.